The number of nitrogens with zero attached hydrogens (tertiary/aromatic N) is 2. The van der Waals surface area contributed by atoms with E-state index >= 15 is 0 Å². The van der Waals surface area contributed by atoms with Crippen molar-refractivity contribution in [1.82, 2.24) is 14.3 Å². The van der Waals surface area contributed by atoms with Gasteiger partial charge in [0.25, 0.3) is 0 Å². The molecule has 0 bridgehead atoms. The van der Waals surface area contributed by atoms with E-state index in [-0.39, 0.29) is 16.7 Å². The Labute approximate surface area is 199 Å². The Morgan fingerprint density at radius 3 is 2.35 bits per heavy atom. The van der Waals surface area contributed by atoms with Crippen molar-refractivity contribution in [3.8, 4) is 0 Å². The van der Waals surface area contributed by atoms with Crippen LogP contribution in [0.2, 0.25) is 0 Å². The van der Waals surface area contributed by atoms with Crippen LogP contribution in [0.15, 0.2) is 65.8 Å². The van der Waals surface area contributed by atoms with Crippen LogP contribution in [0.4, 0.5) is 11.4 Å². The molecule has 0 aliphatic heterocycles. The van der Waals surface area contributed by atoms with E-state index < -0.39 is 22.0 Å². The summed E-state index contributed by atoms with van der Waals surface area (Å²) in [5, 5.41) is 5.34. The van der Waals surface area contributed by atoms with Gasteiger partial charge in [-0.25, -0.2) is 13.4 Å². The Bertz CT molecular complexity index is 1270. The smallest absolute Gasteiger partial charge is 0.242 e. The predicted octanol–water partition coefficient (Wildman–Crippen LogP) is 3.32. The van der Waals surface area contributed by atoms with Crippen molar-refractivity contribution in [3.05, 3.63) is 72.3 Å². The summed E-state index contributed by atoms with van der Waals surface area (Å²) in [6.07, 6.45) is 3.68. The van der Waals surface area contributed by atoms with Crippen LogP contribution < -0.4 is 15.4 Å². The maximum Gasteiger partial charge on any atom is 0.242 e. The van der Waals surface area contributed by atoms with Gasteiger partial charge in [0, 0.05) is 43.2 Å². The topological polar surface area (TPSA) is 122 Å². The SMILES string of the molecule is CC(=O)Nc1ccc(S(=O)(=O)N[C@@H](C)C(=O)Nc2cccc(Cn3ccnc3C(C)C)c2)cc1. The minimum Gasteiger partial charge on any atom is -0.330 e. The molecule has 3 aromatic rings. The first-order valence-electron chi connectivity index (χ1n) is 10.9. The summed E-state index contributed by atoms with van der Waals surface area (Å²) >= 11 is 0. The molecular weight excluding hydrogens is 454 g/mol. The molecule has 0 radical (unpaired) electrons. The Hall–Kier alpha value is -3.50. The molecule has 0 aliphatic carbocycles. The predicted molar refractivity (Wildman–Crippen MR) is 131 cm³/mol. The average Bonchev–Trinajstić information content (AvgIpc) is 3.22. The number of nitrogens with one attached hydrogen (secondary N) is 3. The van der Waals surface area contributed by atoms with E-state index in [1.165, 1.54) is 38.1 Å². The zero-order valence-electron chi connectivity index (χ0n) is 19.6. The highest BCUT2D eigenvalue weighted by Gasteiger charge is 2.22. The average molecular weight is 484 g/mol. The highest BCUT2D eigenvalue weighted by atomic mass is 32.2. The largest absolute Gasteiger partial charge is 0.330 e. The number of aromatic nitrogens is 2. The lowest BCUT2D eigenvalue weighted by molar-refractivity contribution is -0.117. The van der Waals surface area contributed by atoms with Gasteiger partial charge in [-0.2, -0.15) is 4.72 Å². The highest BCUT2D eigenvalue weighted by molar-refractivity contribution is 7.89. The number of anilines is 2. The Kier molecular flexibility index (Phi) is 7.85. The summed E-state index contributed by atoms with van der Waals surface area (Å²) < 4.78 is 29.8. The molecule has 2 aromatic carbocycles. The lowest BCUT2D eigenvalue weighted by Crippen LogP contribution is -2.41. The first-order chi connectivity index (χ1) is 16.0. The first-order valence-corrected chi connectivity index (χ1v) is 12.3. The van der Waals surface area contributed by atoms with Crippen LogP contribution >= 0.6 is 0 Å². The van der Waals surface area contributed by atoms with E-state index in [2.05, 4.69) is 38.8 Å². The second-order valence-electron chi connectivity index (χ2n) is 8.31. The number of amides is 2. The summed E-state index contributed by atoms with van der Waals surface area (Å²) in [7, 11) is -3.93. The van der Waals surface area contributed by atoms with Crippen molar-refractivity contribution in [1.29, 1.82) is 0 Å². The number of rotatable bonds is 9. The molecule has 180 valence electrons. The summed E-state index contributed by atoms with van der Waals surface area (Å²) in [5.74, 6) is 0.519. The van der Waals surface area contributed by atoms with Gasteiger partial charge in [-0.15, -0.1) is 0 Å². The summed E-state index contributed by atoms with van der Waals surface area (Å²) in [5.41, 5.74) is 2.03. The maximum absolute atomic E-state index is 12.7. The fourth-order valence-electron chi connectivity index (χ4n) is 3.42. The van der Waals surface area contributed by atoms with Gasteiger partial charge in [-0.3, -0.25) is 9.59 Å². The van der Waals surface area contributed by atoms with Crippen LogP contribution in [0, 0.1) is 0 Å². The van der Waals surface area contributed by atoms with Gasteiger partial charge in [0.05, 0.1) is 10.9 Å². The minimum atomic E-state index is -3.93. The number of benzene rings is 2. The molecule has 3 N–H and O–H groups in total. The van der Waals surface area contributed by atoms with Gasteiger partial charge in [0.2, 0.25) is 21.8 Å². The molecule has 1 aromatic heterocycles. The molecular formula is C24H29N5O4S. The quantitative estimate of drug-likeness (QED) is 0.431. The molecule has 34 heavy (non-hydrogen) atoms. The Balaban J connectivity index is 1.64. The van der Waals surface area contributed by atoms with Crippen LogP contribution in [0.5, 0.6) is 0 Å². The molecule has 0 saturated carbocycles. The van der Waals surface area contributed by atoms with E-state index in [0.29, 0.717) is 17.9 Å². The summed E-state index contributed by atoms with van der Waals surface area (Å²) in [4.78, 5) is 28.2. The number of carbonyl (C=O) groups excluding carboxylic acids is 2. The molecule has 2 amide bonds. The van der Waals surface area contributed by atoms with Crippen molar-refractivity contribution < 1.29 is 18.0 Å². The summed E-state index contributed by atoms with van der Waals surface area (Å²) in [6, 6.07) is 12.1. The molecule has 3 rings (SSSR count). The van der Waals surface area contributed by atoms with Crippen LogP contribution in [-0.4, -0.2) is 35.8 Å². The molecule has 0 fully saturated rings. The Morgan fingerprint density at radius 2 is 1.71 bits per heavy atom. The zero-order chi connectivity index (χ0) is 24.9. The van der Waals surface area contributed by atoms with Crippen molar-refractivity contribution in [2.45, 2.75) is 51.1 Å². The number of carbonyl (C=O) groups is 2. The van der Waals surface area contributed by atoms with E-state index in [1.54, 1.807) is 12.3 Å². The number of sulfonamides is 1. The molecule has 10 heteroatoms. The molecule has 9 nitrogen and oxygen atoms in total. The second-order valence-corrected chi connectivity index (χ2v) is 10.0. The van der Waals surface area contributed by atoms with Crippen LogP contribution in [0.1, 0.15) is 45.0 Å². The lowest BCUT2D eigenvalue weighted by atomic mass is 10.1. The molecule has 0 spiro atoms. The molecule has 1 heterocycles. The van der Waals surface area contributed by atoms with Crippen molar-refractivity contribution >= 4 is 33.2 Å². The second kappa shape index (κ2) is 10.6. The third-order valence-electron chi connectivity index (χ3n) is 5.02. The maximum atomic E-state index is 12.7. The molecule has 1 atom stereocenters. The monoisotopic (exact) mass is 483 g/mol. The van der Waals surface area contributed by atoms with Crippen molar-refractivity contribution in [2.75, 3.05) is 10.6 Å². The zero-order valence-corrected chi connectivity index (χ0v) is 20.4. The van der Waals surface area contributed by atoms with Gasteiger partial charge in [-0.05, 0) is 48.9 Å². The lowest BCUT2D eigenvalue weighted by Gasteiger charge is -2.16. The highest BCUT2D eigenvalue weighted by Crippen LogP contribution is 2.18. The first kappa shape index (κ1) is 25.1. The fourth-order valence-corrected chi connectivity index (χ4v) is 4.63. The minimum absolute atomic E-state index is 0.00969. The van der Waals surface area contributed by atoms with Gasteiger partial charge >= 0.3 is 0 Å². The third kappa shape index (κ3) is 6.52. The number of hydrogen-bond donors (Lipinski definition) is 3. The molecule has 0 unspecified atom stereocenters. The number of imidazole rings is 1. The standard InChI is InChI=1S/C24H29N5O4S/c1-16(2)23-25-12-13-29(23)15-19-6-5-7-21(14-19)27-24(31)17(3)28-34(32,33)22-10-8-20(9-11-22)26-18(4)30/h5-14,16-17,28H,15H2,1-4H3,(H,26,30)(H,27,31)/t17-/m0/s1. The van der Waals surface area contributed by atoms with E-state index in [4.69, 9.17) is 0 Å². The van der Waals surface area contributed by atoms with E-state index in [1.807, 2.05) is 24.4 Å². The van der Waals surface area contributed by atoms with Crippen molar-refractivity contribution in [3.63, 3.8) is 0 Å². The van der Waals surface area contributed by atoms with Crippen LogP contribution in [0.3, 0.4) is 0 Å². The van der Waals surface area contributed by atoms with Crippen molar-refractivity contribution in [2.24, 2.45) is 0 Å². The van der Waals surface area contributed by atoms with E-state index in [9.17, 15) is 18.0 Å². The number of hydrogen-bond acceptors (Lipinski definition) is 5. The normalized spacial score (nSPS) is 12.4. The summed E-state index contributed by atoms with van der Waals surface area (Å²) in [6.45, 7) is 7.60. The fraction of sp³-hybridized carbons (Fsp3) is 0.292. The van der Waals surface area contributed by atoms with Gasteiger partial charge in [-0.1, -0.05) is 26.0 Å². The van der Waals surface area contributed by atoms with Gasteiger partial charge < -0.3 is 15.2 Å². The van der Waals surface area contributed by atoms with Gasteiger partial charge in [0.1, 0.15) is 5.82 Å². The molecule has 0 saturated heterocycles. The van der Waals surface area contributed by atoms with Crippen LogP contribution in [-0.2, 0) is 26.2 Å². The Morgan fingerprint density at radius 1 is 1.00 bits per heavy atom. The van der Waals surface area contributed by atoms with Crippen LogP contribution in [0.25, 0.3) is 0 Å². The van der Waals surface area contributed by atoms with E-state index in [0.717, 1.165) is 11.4 Å². The van der Waals surface area contributed by atoms with Gasteiger partial charge in [0.15, 0.2) is 0 Å². The third-order valence-corrected chi connectivity index (χ3v) is 6.58. The molecule has 0 aliphatic rings.